The zero-order valence-electron chi connectivity index (χ0n) is 8.83. The molecule has 0 spiro atoms. The van der Waals surface area contributed by atoms with Crippen molar-refractivity contribution in [1.82, 2.24) is 5.32 Å². The van der Waals surface area contributed by atoms with Crippen molar-refractivity contribution in [2.75, 3.05) is 6.61 Å². The summed E-state index contributed by atoms with van der Waals surface area (Å²) in [5.41, 5.74) is 0.597. The third-order valence-electron chi connectivity index (χ3n) is 3.06. The number of halogens is 1. The van der Waals surface area contributed by atoms with Crippen LogP contribution in [0.4, 0.5) is 4.39 Å². The maximum Gasteiger partial charge on any atom is 0.330 e. The molecule has 2 aliphatic rings. The quantitative estimate of drug-likeness (QED) is 0.555. The predicted molar refractivity (Wildman–Crippen MR) is 54.2 cm³/mol. The topological polar surface area (TPSA) is 38.3 Å². The first-order chi connectivity index (χ1) is 7.20. The maximum atomic E-state index is 13.8. The average molecular weight is 213 g/mol. The zero-order valence-corrected chi connectivity index (χ0v) is 8.83. The van der Waals surface area contributed by atoms with Crippen molar-refractivity contribution < 1.29 is 13.9 Å². The van der Waals surface area contributed by atoms with Gasteiger partial charge in [0.25, 0.3) is 0 Å². The molecule has 0 aromatic heterocycles. The Balaban J connectivity index is 2.05. The minimum atomic E-state index is -1.02. The Bertz CT molecular complexity index is 290. The number of nitrogens with one attached hydrogen (secondary N) is 1. The molecule has 0 radical (unpaired) electrons. The van der Waals surface area contributed by atoms with Crippen LogP contribution in [0.1, 0.15) is 26.2 Å². The van der Waals surface area contributed by atoms with Gasteiger partial charge in [0.1, 0.15) is 6.17 Å². The summed E-state index contributed by atoms with van der Waals surface area (Å²) in [4.78, 5) is 11.2. The molecule has 0 aromatic rings. The maximum absolute atomic E-state index is 13.8. The second-order valence-corrected chi connectivity index (χ2v) is 4.12. The minimum Gasteiger partial charge on any atom is -0.463 e. The van der Waals surface area contributed by atoms with E-state index in [-0.39, 0.29) is 6.04 Å². The first-order valence-electron chi connectivity index (χ1n) is 5.48. The number of esters is 1. The number of hydrogen-bond donors (Lipinski definition) is 1. The van der Waals surface area contributed by atoms with Crippen LogP contribution >= 0.6 is 0 Å². The first-order valence-corrected chi connectivity index (χ1v) is 5.48. The number of alkyl halides is 1. The molecule has 2 bridgehead atoms. The highest BCUT2D eigenvalue weighted by Crippen LogP contribution is 2.32. The van der Waals surface area contributed by atoms with Crippen molar-refractivity contribution in [3.63, 3.8) is 0 Å². The SMILES string of the molecule is CCOC(=O)/C=C1/CC2CCC(N2)C1F. The highest BCUT2D eigenvalue weighted by Gasteiger charge is 2.38. The van der Waals surface area contributed by atoms with Crippen LogP contribution in [0.2, 0.25) is 0 Å². The lowest BCUT2D eigenvalue weighted by atomic mass is 9.97. The Morgan fingerprint density at radius 2 is 2.47 bits per heavy atom. The summed E-state index contributed by atoms with van der Waals surface area (Å²) in [5.74, 6) is -0.420. The minimum absolute atomic E-state index is 0.0931. The van der Waals surface area contributed by atoms with Crippen molar-refractivity contribution >= 4 is 5.97 Å². The highest BCUT2D eigenvalue weighted by atomic mass is 19.1. The Kier molecular flexibility index (Phi) is 3.05. The van der Waals surface area contributed by atoms with Gasteiger partial charge in [-0.3, -0.25) is 0 Å². The van der Waals surface area contributed by atoms with Crippen LogP contribution in [0, 0.1) is 0 Å². The van der Waals surface area contributed by atoms with Crippen LogP contribution in [-0.4, -0.2) is 30.8 Å². The number of ether oxygens (including phenoxy) is 1. The summed E-state index contributed by atoms with van der Waals surface area (Å²) in [6.07, 6.45) is 2.82. The zero-order chi connectivity index (χ0) is 10.8. The van der Waals surface area contributed by atoms with E-state index < -0.39 is 12.1 Å². The van der Waals surface area contributed by atoms with Crippen molar-refractivity contribution in [1.29, 1.82) is 0 Å². The van der Waals surface area contributed by atoms with Gasteiger partial charge in [0, 0.05) is 18.2 Å². The monoisotopic (exact) mass is 213 g/mol. The van der Waals surface area contributed by atoms with E-state index in [2.05, 4.69) is 5.32 Å². The molecule has 2 heterocycles. The second kappa shape index (κ2) is 4.31. The molecule has 0 aromatic carbocycles. The molecule has 3 unspecified atom stereocenters. The molecule has 2 fully saturated rings. The fourth-order valence-electron chi connectivity index (χ4n) is 2.37. The van der Waals surface area contributed by atoms with Crippen molar-refractivity contribution in [3.8, 4) is 0 Å². The largest absolute Gasteiger partial charge is 0.463 e. The molecule has 3 atom stereocenters. The summed E-state index contributed by atoms with van der Waals surface area (Å²) >= 11 is 0. The molecule has 0 aliphatic carbocycles. The van der Waals surface area contributed by atoms with Gasteiger partial charge in [0.05, 0.1) is 6.61 Å². The van der Waals surface area contributed by atoms with E-state index in [1.807, 2.05) is 0 Å². The first kappa shape index (κ1) is 10.6. The van der Waals surface area contributed by atoms with Gasteiger partial charge in [-0.1, -0.05) is 0 Å². The normalized spacial score (nSPS) is 36.9. The van der Waals surface area contributed by atoms with Gasteiger partial charge in [0.15, 0.2) is 0 Å². The number of carbonyl (C=O) groups is 1. The van der Waals surface area contributed by atoms with E-state index in [0.29, 0.717) is 24.6 Å². The van der Waals surface area contributed by atoms with Crippen molar-refractivity contribution in [3.05, 3.63) is 11.6 Å². The molecular weight excluding hydrogens is 197 g/mol. The van der Waals surface area contributed by atoms with Gasteiger partial charge >= 0.3 is 5.97 Å². The van der Waals surface area contributed by atoms with Crippen molar-refractivity contribution in [2.45, 2.75) is 44.4 Å². The smallest absolute Gasteiger partial charge is 0.330 e. The Morgan fingerprint density at radius 1 is 1.67 bits per heavy atom. The molecule has 0 saturated carbocycles. The lowest BCUT2D eigenvalue weighted by Gasteiger charge is -2.27. The van der Waals surface area contributed by atoms with E-state index in [1.165, 1.54) is 6.08 Å². The summed E-state index contributed by atoms with van der Waals surface area (Å²) in [6.45, 7) is 2.08. The van der Waals surface area contributed by atoms with E-state index >= 15 is 0 Å². The lowest BCUT2D eigenvalue weighted by molar-refractivity contribution is -0.137. The third kappa shape index (κ3) is 2.20. The van der Waals surface area contributed by atoms with E-state index in [0.717, 1.165) is 12.8 Å². The van der Waals surface area contributed by atoms with Gasteiger partial charge in [-0.05, 0) is 31.8 Å². The van der Waals surface area contributed by atoms with Crippen LogP contribution in [0.3, 0.4) is 0 Å². The Labute approximate surface area is 88.7 Å². The molecule has 15 heavy (non-hydrogen) atoms. The third-order valence-corrected chi connectivity index (χ3v) is 3.06. The van der Waals surface area contributed by atoms with E-state index in [1.54, 1.807) is 6.92 Å². The molecule has 2 saturated heterocycles. The van der Waals surface area contributed by atoms with Crippen LogP contribution in [0.5, 0.6) is 0 Å². The molecular formula is C11H16FNO2. The predicted octanol–water partition coefficient (Wildman–Crippen LogP) is 1.34. The van der Waals surface area contributed by atoms with Gasteiger partial charge in [-0.15, -0.1) is 0 Å². The standard InChI is InChI=1S/C11H16FNO2/c1-2-15-10(14)6-7-5-8-3-4-9(13-8)11(7)12/h6,8-9,11,13H,2-5H2,1H3/b7-6-. The summed E-state index contributed by atoms with van der Waals surface area (Å²) in [6, 6.07) is 0.257. The van der Waals surface area contributed by atoms with E-state index in [9.17, 15) is 9.18 Å². The average Bonchev–Trinajstić information content (AvgIpc) is 2.59. The van der Waals surface area contributed by atoms with Gasteiger partial charge in [0.2, 0.25) is 0 Å². The number of carbonyl (C=O) groups excluding carboxylic acids is 1. The lowest BCUT2D eigenvalue weighted by Crippen LogP contribution is -2.43. The summed E-state index contributed by atoms with van der Waals surface area (Å²) in [5, 5.41) is 3.21. The molecule has 2 rings (SSSR count). The number of rotatable bonds is 2. The second-order valence-electron chi connectivity index (χ2n) is 4.12. The van der Waals surface area contributed by atoms with Crippen LogP contribution < -0.4 is 5.32 Å². The van der Waals surface area contributed by atoms with Crippen LogP contribution in [0.15, 0.2) is 11.6 Å². The molecule has 0 amide bonds. The van der Waals surface area contributed by atoms with Gasteiger partial charge in [-0.25, -0.2) is 9.18 Å². The molecule has 84 valence electrons. The molecule has 4 heteroatoms. The number of fused-ring (bicyclic) bond motifs is 2. The number of hydrogen-bond acceptors (Lipinski definition) is 3. The van der Waals surface area contributed by atoms with Crippen molar-refractivity contribution in [2.24, 2.45) is 0 Å². The Morgan fingerprint density at radius 3 is 3.20 bits per heavy atom. The fourth-order valence-corrected chi connectivity index (χ4v) is 2.37. The summed E-state index contributed by atoms with van der Waals surface area (Å²) < 4.78 is 18.6. The van der Waals surface area contributed by atoms with Gasteiger partial charge < -0.3 is 10.1 Å². The fraction of sp³-hybridized carbons (Fsp3) is 0.727. The Hall–Kier alpha value is -0.900. The van der Waals surface area contributed by atoms with Crippen LogP contribution in [-0.2, 0) is 9.53 Å². The molecule has 2 aliphatic heterocycles. The molecule has 3 nitrogen and oxygen atoms in total. The number of piperidine rings is 1. The summed E-state index contributed by atoms with van der Waals surface area (Å²) in [7, 11) is 0. The van der Waals surface area contributed by atoms with Gasteiger partial charge in [-0.2, -0.15) is 0 Å². The highest BCUT2D eigenvalue weighted by molar-refractivity contribution is 5.83. The van der Waals surface area contributed by atoms with E-state index in [4.69, 9.17) is 4.74 Å². The molecule has 1 N–H and O–H groups in total. The van der Waals surface area contributed by atoms with Crippen LogP contribution in [0.25, 0.3) is 0 Å².